The summed E-state index contributed by atoms with van der Waals surface area (Å²) in [6.07, 6.45) is 9.73. The summed E-state index contributed by atoms with van der Waals surface area (Å²) in [4.78, 5) is 11.8. The van der Waals surface area contributed by atoms with Gasteiger partial charge in [-0.15, -0.1) is 0 Å². The van der Waals surface area contributed by atoms with Crippen molar-refractivity contribution in [3.63, 3.8) is 0 Å². The van der Waals surface area contributed by atoms with E-state index in [4.69, 9.17) is 9.47 Å². The van der Waals surface area contributed by atoms with Crippen LogP contribution in [-0.2, 0) is 17.6 Å². The smallest absolute Gasteiger partial charge is 0.310 e. The maximum atomic E-state index is 11.8. The first-order chi connectivity index (χ1) is 14.5. The standard InChI is InChI=1S/C26H28O4/c1-29-20-9-5-18(6-10-20)16-26(17-19-7-11-21(30-2)12-8-19)15-3-4-22-23(25(27)28)13-14-24(22)26/h3-12,15,23-24H,13-14,16-17H2,1-2H3,(H,27,28). The Hall–Kier alpha value is -3.01. The van der Waals surface area contributed by atoms with E-state index in [1.807, 2.05) is 30.3 Å². The Bertz CT molecular complexity index is 904. The molecular weight excluding hydrogens is 376 g/mol. The number of carboxylic acids is 1. The molecule has 0 amide bonds. The summed E-state index contributed by atoms with van der Waals surface area (Å²) < 4.78 is 10.6. The van der Waals surface area contributed by atoms with Crippen LogP contribution in [-0.4, -0.2) is 25.3 Å². The van der Waals surface area contributed by atoms with E-state index in [1.54, 1.807) is 14.2 Å². The van der Waals surface area contributed by atoms with Crippen molar-refractivity contribution < 1.29 is 19.4 Å². The minimum atomic E-state index is -0.707. The van der Waals surface area contributed by atoms with Gasteiger partial charge in [-0.3, -0.25) is 4.79 Å². The minimum Gasteiger partial charge on any atom is -0.497 e. The Morgan fingerprint density at radius 3 is 1.93 bits per heavy atom. The first-order valence-corrected chi connectivity index (χ1v) is 10.4. The van der Waals surface area contributed by atoms with Crippen LogP contribution in [0.1, 0.15) is 24.0 Å². The normalized spacial score (nSPS) is 21.6. The van der Waals surface area contributed by atoms with Gasteiger partial charge in [0, 0.05) is 5.41 Å². The zero-order valence-electron chi connectivity index (χ0n) is 17.5. The Morgan fingerprint density at radius 1 is 0.933 bits per heavy atom. The zero-order valence-corrected chi connectivity index (χ0v) is 17.5. The lowest BCUT2D eigenvalue weighted by Crippen LogP contribution is -2.35. The van der Waals surface area contributed by atoms with E-state index in [2.05, 4.69) is 36.4 Å². The molecular formula is C26H28O4. The van der Waals surface area contributed by atoms with E-state index in [9.17, 15) is 9.90 Å². The van der Waals surface area contributed by atoms with Crippen LogP contribution in [0.4, 0.5) is 0 Å². The average molecular weight is 405 g/mol. The van der Waals surface area contributed by atoms with Gasteiger partial charge in [-0.2, -0.15) is 0 Å². The fourth-order valence-electron chi connectivity index (χ4n) is 5.17. The third-order valence-electron chi connectivity index (χ3n) is 6.64. The Morgan fingerprint density at radius 2 is 1.47 bits per heavy atom. The molecule has 2 aliphatic rings. The Balaban J connectivity index is 1.69. The van der Waals surface area contributed by atoms with Gasteiger partial charge in [0.1, 0.15) is 11.5 Å². The molecule has 4 heteroatoms. The van der Waals surface area contributed by atoms with Crippen molar-refractivity contribution in [2.45, 2.75) is 25.7 Å². The van der Waals surface area contributed by atoms with Gasteiger partial charge in [0.25, 0.3) is 0 Å². The van der Waals surface area contributed by atoms with Crippen molar-refractivity contribution in [3.05, 3.63) is 83.5 Å². The first kappa shape index (κ1) is 20.3. The molecule has 30 heavy (non-hydrogen) atoms. The van der Waals surface area contributed by atoms with Crippen LogP contribution >= 0.6 is 0 Å². The largest absolute Gasteiger partial charge is 0.497 e. The van der Waals surface area contributed by atoms with Crippen LogP contribution < -0.4 is 9.47 Å². The highest BCUT2D eigenvalue weighted by Crippen LogP contribution is 2.52. The number of carboxylic acid groups (broad SMARTS) is 1. The second-order valence-electron chi connectivity index (χ2n) is 8.33. The topological polar surface area (TPSA) is 55.8 Å². The second kappa shape index (κ2) is 8.39. The maximum absolute atomic E-state index is 11.8. The summed E-state index contributed by atoms with van der Waals surface area (Å²) in [7, 11) is 3.34. The van der Waals surface area contributed by atoms with E-state index in [0.717, 1.165) is 36.3 Å². The SMILES string of the molecule is COc1ccc(CC2(Cc3ccc(OC)cc3)C=CC=C3C(C(=O)O)CCC32)cc1. The predicted octanol–water partition coefficient (Wildman–Crippen LogP) is 5.08. The van der Waals surface area contributed by atoms with Crippen LogP contribution in [0.15, 0.2) is 72.3 Å². The molecule has 0 saturated heterocycles. The van der Waals surface area contributed by atoms with Crippen molar-refractivity contribution in [3.8, 4) is 11.5 Å². The number of fused-ring (bicyclic) bond motifs is 1. The summed E-state index contributed by atoms with van der Waals surface area (Å²) in [6.45, 7) is 0. The second-order valence-corrected chi connectivity index (χ2v) is 8.33. The predicted molar refractivity (Wildman–Crippen MR) is 117 cm³/mol. The van der Waals surface area contributed by atoms with Crippen molar-refractivity contribution in [2.75, 3.05) is 14.2 Å². The molecule has 2 aromatic rings. The van der Waals surface area contributed by atoms with E-state index < -0.39 is 5.97 Å². The molecule has 4 nitrogen and oxygen atoms in total. The van der Waals surface area contributed by atoms with Crippen molar-refractivity contribution in [1.82, 2.24) is 0 Å². The van der Waals surface area contributed by atoms with Crippen LogP contribution in [0.3, 0.4) is 0 Å². The van der Waals surface area contributed by atoms with Gasteiger partial charge in [-0.25, -0.2) is 0 Å². The van der Waals surface area contributed by atoms with Crippen molar-refractivity contribution in [2.24, 2.45) is 17.3 Å². The number of aliphatic carboxylic acids is 1. The fraction of sp³-hybridized carbons (Fsp3) is 0.346. The summed E-state index contributed by atoms with van der Waals surface area (Å²) >= 11 is 0. The van der Waals surface area contributed by atoms with E-state index in [0.29, 0.717) is 6.42 Å². The van der Waals surface area contributed by atoms with E-state index in [-0.39, 0.29) is 17.3 Å². The number of methoxy groups -OCH3 is 2. The fourth-order valence-corrected chi connectivity index (χ4v) is 5.17. The third kappa shape index (κ3) is 3.87. The molecule has 1 saturated carbocycles. The van der Waals surface area contributed by atoms with E-state index in [1.165, 1.54) is 11.1 Å². The highest BCUT2D eigenvalue weighted by Gasteiger charge is 2.47. The maximum Gasteiger partial charge on any atom is 0.310 e. The van der Waals surface area contributed by atoms with Gasteiger partial charge in [0.15, 0.2) is 0 Å². The third-order valence-corrected chi connectivity index (χ3v) is 6.64. The van der Waals surface area contributed by atoms with Gasteiger partial charge in [-0.05, 0) is 67.0 Å². The molecule has 2 aromatic carbocycles. The Kier molecular flexibility index (Phi) is 5.67. The van der Waals surface area contributed by atoms with E-state index >= 15 is 0 Å². The number of hydrogen-bond donors (Lipinski definition) is 1. The van der Waals surface area contributed by atoms with Gasteiger partial charge in [0.05, 0.1) is 20.1 Å². The highest BCUT2D eigenvalue weighted by atomic mass is 16.5. The number of rotatable bonds is 7. The van der Waals surface area contributed by atoms with Gasteiger partial charge in [-0.1, -0.05) is 48.1 Å². The number of ether oxygens (including phenoxy) is 2. The molecule has 2 aliphatic carbocycles. The number of allylic oxidation sites excluding steroid dienone is 3. The summed E-state index contributed by atoms with van der Waals surface area (Å²) in [5, 5.41) is 9.72. The molecule has 0 radical (unpaired) electrons. The first-order valence-electron chi connectivity index (χ1n) is 10.4. The molecule has 2 unspecified atom stereocenters. The molecule has 0 aromatic heterocycles. The molecule has 2 atom stereocenters. The molecule has 0 spiro atoms. The highest BCUT2D eigenvalue weighted by molar-refractivity contribution is 5.75. The number of benzene rings is 2. The average Bonchev–Trinajstić information content (AvgIpc) is 3.21. The van der Waals surface area contributed by atoms with Crippen LogP contribution in [0.2, 0.25) is 0 Å². The quantitative estimate of drug-likeness (QED) is 0.699. The molecule has 4 rings (SSSR count). The minimum absolute atomic E-state index is 0.155. The number of hydrogen-bond acceptors (Lipinski definition) is 3. The monoisotopic (exact) mass is 404 g/mol. The molecule has 0 bridgehead atoms. The summed E-state index contributed by atoms with van der Waals surface area (Å²) in [6, 6.07) is 16.4. The zero-order chi connectivity index (χ0) is 21.1. The Labute approximate surface area is 177 Å². The molecule has 0 aliphatic heterocycles. The van der Waals surface area contributed by atoms with Crippen LogP contribution in [0, 0.1) is 17.3 Å². The van der Waals surface area contributed by atoms with Crippen molar-refractivity contribution in [1.29, 1.82) is 0 Å². The van der Waals surface area contributed by atoms with Gasteiger partial charge >= 0.3 is 5.97 Å². The molecule has 1 fully saturated rings. The lowest BCUT2D eigenvalue weighted by atomic mass is 9.63. The molecule has 1 N–H and O–H groups in total. The molecule has 0 heterocycles. The number of carbonyl (C=O) groups is 1. The van der Waals surface area contributed by atoms with Crippen molar-refractivity contribution >= 4 is 5.97 Å². The summed E-state index contributed by atoms with van der Waals surface area (Å²) in [5.74, 6) is 0.838. The van der Waals surface area contributed by atoms with Crippen LogP contribution in [0.5, 0.6) is 11.5 Å². The lowest BCUT2D eigenvalue weighted by molar-refractivity contribution is -0.140. The molecule has 156 valence electrons. The lowest BCUT2D eigenvalue weighted by Gasteiger charge is -2.40. The van der Waals surface area contributed by atoms with Gasteiger partial charge < -0.3 is 14.6 Å². The van der Waals surface area contributed by atoms with Gasteiger partial charge in [0.2, 0.25) is 0 Å². The summed E-state index contributed by atoms with van der Waals surface area (Å²) in [5.41, 5.74) is 3.38. The van der Waals surface area contributed by atoms with Crippen LogP contribution in [0.25, 0.3) is 0 Å².